The average Bonchev–Trinajstić information content (AvgIpc) is 2.90. The first-order valence-corrected chi connectivity index (χ1v) is 7.47. The van der Waals surface area contributed by atoms with Crippen molar-refractivity contribution in [3.63, 3.8) is 0 Å². The van der Waals surface area contributed by atoms with E-state index in [9.17, 15) is 8.78 Å². The van der Waals surface area contributed by atoms with Crippen LogP contribution in [0, 0.1) is 17.6 Å². The van der Waals surface area contributed by atoms with Gasteiger partial charge in [-0.1, -0.05) is 6.07 Å². The molecule has 3 nitrogen and oxygen atoms in total. The molecule has 2 fully saturated rings. The zero-order chi connectivity index (χ0) is 14.9. The SMILES string of the molecule is CNC(c1ccc(F)cc1F)C1CCOC2(CCOC2)C1. The summed E-state index contributed by atoms with van der Waals surface area (Å²) in [7, 11) is 1.82. The van der Waals surface area contributed by atoms with Gasteiger partial charge in [0.2, 0.25) is 0 Å². The van der Waals surface area contributed by atoms with Gasteiger partial charge in [-0.3, -0.25) is 0 Å². The lowest BCUT2D eigenvalue weighted by atomic mass is 9.79. The third kappa shape index (κ3) is 2.96. The van der Waals surface area contributed by atoms with Gasteiger partial charge >= 0.3 is 0 Å². The second kappa shape index (κ2) is 5.99. The normalized spacial score (nSPS) is 30.7. The summed E-state index contributed by atoms with van der Waals surface area (Å²) in [6.45, 7) is 2.00. The highest BCUT2D eigenvalue weighted by Crippen LogP contribution is 2.41. The maximum Gasteiger partial charge on any atom is 0.130 e. The minimum atomic E-state index is -0.543. The van der Waals surface area contributed by atoms with Crippen molar-refractivity contribution < 1.29 is 18.3 Å². The third-order valence-electron chi connectivity index (χ3n) is 4.68. The van der Waals surface area contributed by atoms with E-state index < -0.39 is 11.6 Å². The molecular formula is C16H21F2NO2. The van der Waals surface area contributed by atoms with Gasteiger partial charge in [0.05, 0.1) is 12.2 Å². The van der Waals surface area contributed by atoms with Crippen LogP contribution in [-0.2, 0) is 9.47 Å². The molecule has 1 aromatic rings. The van der Waals surface area contributed by atoms with Gasteiger partial charge in [0.1, 0.15) is 11.6 Å². The Kier molecular flexibility index (Phi) is 4.24. The molecule has 2 heterocycles. The summed E-state index contributed by atoms with van der Waals surface area (Å²) in [6, 6.07) is 3.68. The second-order valence-corrected chi connectivity index (χ2v) is 6.02. The molecule has 2 saturated heterocycles. The molecule has 1 N–H and O–H groups in total. The summed E-state index contributed by atoms with van der Waals surface area (Å²) in [4.78, 5) is 0. The summed E-state index contributed by atoms with van der Waals surface area (Å²) in [5.41, 5.74) is 0.314. The highest BCUT2D eigenvalue weighted by Gasteiger charge is 2.43. The highest BCUT2D eigenvalue weighted by molar-refractivity contribution is 5.23. The van der Waals surface area contributed by atoms with Gasteiger partial charge in [-0.2, -0.15) is 0 Å². The van der Waals surface area contributed by atoms with Crippen LogP contribution in [0.25, 0.3) is 0 Å². The van der Waals surface area contributed by atoms with Crippen molar-refractivity contribution in [2.75, 3.05) is 26.9 Å². The van der Waals surface area contributed by atoms with Gasteiger partial charge in [0, 0.05) is 37.3 Å². The standard InChI is InChI=1S/C16H21F2NO2/c1-19-15(13-3-2-12(17)8-14(13)18)11-4-6-21-16(9-11)5-7-20-10-16/h2-3,8,11,15,19H,4-7,9-10H2,1H3. The van der Waals surface area contributed by atoms with E-state index in [1.54, 1.807) is 6.07 Å². The maximum atomic E-state index is 14.1. The number of rotatable bonds is 3. The fraction of sp³-hybridized carbons (Fsp3) is 0.625. The number of hydrogen-bond acceptors (Lipinski definition) is 3. The van der Waals surface area contributed by atoms with E-state index in [1.807, 2.05) is 7.05 Å². The molecule has 0 aromatic heterocycles. The predicted molar refractivity (Wildman–Crippen MR) is 75.0 cm³/mol. The Balaban J connectivity index is 1.82. The Morgan fingerprint density at radius 1 is 1.33 bits per heavy atom. The lowest BCUT2D eigenvalue weighted by Crippen LogP contribution is -2.43. The topological polar surface area (TPSA) is 30.5 Å². The van der Waals surface area contributed by atoms with Crippen LogP contribution in [0.1, 0.15) is 30.9 Å². The molecule has 1 aromatic carbocycles. The fourth-order valence-corrected chi connectivity index (χ4v) is 3.61. The Bertz CT molecular complexity index is 503. The zero-order valence-corrected chi connectivity index (χ0v) is 12.2. The summed E-state index contributed by atoms with van der Waals surface area (Å²) in [5, 5.41) is 3.20. The molecule has 0 aliphatic carbocycles. The third-order valence-corrected chi connectivity index (χ3v) is 4.68. The molecule has 5 heteroatoms. The van der Waals surface area contributed by atoms with E-state index >= 15 is 0 Å². The molecule has 21 heavy (non-hydrogen) atoms. The molecule has 2 aliphatic heterocycles. The average molecular weight is 297 g/mol. The van der Waals surface area contributed by atoms with E-state index in [2.05, 4.69) is 5.32 Å². The number of ether oxygens (including phenoxy) is 2. The lowest BCUT2D eigenvalue weighted by Gasteiger charge is -2.40. The van der Waals surface area contributed by atoms with Gasteiger partial charge in [0.25, 0.3) is 0 Å². The second-order valence-electron chi connectivity index (χ2n) is 6.02. The molecule has 116 valence electrons. The van der Waals surface area contributed by atoms with Crippen LogP contribution in [0.2, 0.25) is 0 Å². The molecular weight excluding hydrogens is 276 g/mol. The monoisotopic (exact) mass is 297 g/mol. The molecule has 0 radical (unpaired) electrons. The van der Waals surface area contributed by atoms with Crippen LogP contribution in [0.5, 0.6) is 0 Å². The van der Waals surface area contributed by atoms with Crippen molar-refractivity contribution in [1.82, 2.24) is 5.32 Å². The summed E-state index contributed by atoms with van der Waals surface area (Å²) in [5.74, 6) is -0.776. The van der Waals surface area contributed by atoms with Crippen LogP contribution in [-0.4, -0.2) is 32.5 Å². The largest absolute Gasteiger partial charge is 0.378 e. The van der Waals surface area contributed by atoms with Crippen LogP contribution in [0.4, 0.5) is 8.78 Å². The minimum Gasteiger partial charge on any atom is -0.378 e. The Morgan fingerprint density at radius 3 is 2.86 bits per heavy atom. The van der Waals surface area contributed by atoms with E-state index in [4.69, 9.17) is 9.47 Å². The van der Waals surface area contributed by atoms with Crippen LogP contribution in [0.3, 0.4) is 0 Å². The first-order valence-electron chi connectivity index (χ1n) is 7.47. The van der Waals surface area contributed by atoms with E-state index in [0.717, 1.165) is 31.9 Å². The van der Waals surface area contributed by atoms with Gasteiger partial charge < -0.3 is 14.8 Å². The van der Waals surface area contributed by atoms with Gasteiger partial charge in [-0.15, -0.1) is 0 Å². The molecule has 2 aliphatic rings. The zero-order valence-electron chi connectivity index (χ0n) is 12.2. The number of hydrogen-bond donors (Lipinski definition) is 1. The molecule has 3 unspecified atom stereocenters. The predicted octanol–water partition coefficient (Wildman–Crippen LogP) is 2.81. The van der Waals surface area contributed by atoms with E-state index in [-0.39, 0.29) is 17.6 Å². The number of benzene rings is 1. The maximum absolute atomic E-state index is 14.1. The molecule has 3 atom stereocenters. The van der Waals surface area contributed by atoms with Crippen LogP contribution < -0.4 is 5.32 Å². The van der Waals surface area contributed by atoms with Crippen LogP contribution in [0.15, 0.2) is 18.2 Å². The van der Waals surface area contributed by atoms with E-state index in [0.29, 0.717) is 18.8 Å². The minimum absolute atomic E-state index is 0.132. The Morgan fingerprint density at radius 2 is 2.19 bits per heavy atom. The quantitative estimate of drug-likeness (QED) is 0.930. The Labute approximate surface area is 123 Å². The van der Waals surface area contributed by atoms with E-state index in [1.165, 1.54) is 6.07 Å². The van der Waals surface area contributed by atoms with Crippen molar-refractivity contribution in [2.45, 2.75) is 30.9 Å². The summed E-state index contributed by atoms with van der Waals surface area (Å²) in [6.07, 6.45) is 2.60. The van der Waals surface area contributed by atoms with Crippen molar-refractivity contribution in [3.05, 3.63) is 35.4 Å². The van der Waals surface area contributed by atoms with Crippen molar-refractivity contribution in [1.29, 1.82) is 0 Å². The first-order chi connectivity index (χ1) is 10.1. The van der Waals surface area contributed by atoms with Crippen molar-refractivity contribution >= 4 is 0 Å². The molecule has 1 spiro atoms. The van der Waals surface area contributed by atoms with Crippen molar-refractivity contribution in [3.8, 4) is 0 Å². The number of halogens is 2. The van der Waals surface area contributed by atoms with Gasteiger partial charge in [-0.25, -0.2) is 8.78 Å². The van der Waals surface area contributed by atoms with Gasteiger partial charge in [-0.05, 0) is 31.9 Å². The number of nitrogens with one attached hydrogen (secondary N) is 1. The Hall–Kier alpha value is -1.04. The van der Waals surface area contributed by atoms with Crippen molar-refractivity contribution in [2.24, 2.45) is 5.92 Å². The smallest absolute Gasteiger partial charge is 0.130 e. The molecule has 0 saturated carbocycles. The van der Waals surface area contributed by atoms with Gasteiger partial charge in [0.15, 0.2) is 0 Å². The molecule has 0 amide bonds. The fourth-order valence-electron chi connectivity index (χ4n) is 3.61. The highest BCUT2D eigenvalue weighted by atomic mass is 19.1. The molecule has 3 rings (SSSR count). The first kappa shape index (κ1) is 14.9. The summed E-state index contributed by atoms with van der Waals surface area (Å²) >= 11 is 0. The lowest BCUT2D eigenvalue weighted by molar-refractivity contribution is -0.103. The summed E-state index contributed by atoms with van der Waals surface area (Å²) < 4.78 is 38.6. The molecule has 0 bridgehead atoms. The van der Waals surface area contributed by atoms with Crippen LogP contribution >= 0.6 is 0 Å².